The van der Waals surface area contributed by atoms with Crippen molar-refractivity contribution in [3.63, 3.8) is 0 Å². The predicted octanol–water partition coefficient (Wildman–Crippen LogP) is 1.71. The Morgan fingerprint density at radius 3 is 2.79 bits per heavy atom. The predicted molar refractivity (Wildman–Crippen MR) is 87.1 cm³/mol. The first-order valence-electron chi connectivity index (χ1n) is 7.46. The van der Waals surface area contributed by atoms with Crippen molar-refractivity contribution < 1.29 is 14.3 Å². The van der Waals surface area contributed by atoms with E-state index in [1.807, 2.05) is 30.3 Å². The highest BCUT2D eigenvalue weighted by Gasteiger charge is 2.26. The fourth-order valence-electron chi connectivity index (χ4n) is 2.24. The Labute approximate surface area is 138 Å². The molecule has 0 saturated heterocycles. The number of carbonyl (C=O) groups is 1. The maximum Gasteiger partial charge on any atom is 0.273 e. The SMILES string of the molecule is Cn1cc(C(C)(O)CNC(=O)c2coc(-c3ccccc3)n2)cn1. The Balaban J connectivity index is 1.66. The normalized spacial score (nSPS) is 13.5. The van der Waals surface area contributed by atoms with Crippen molar-refractivity contribution in [3.05, 3.63) is 60.2 Å². The van der Waals surface area contributed by atoms with Crippen molar-refractivity contribution in [3.8, 4) is 11.5 Å². The Morgan fingerprint density at radius 1 is 1.38 bits per heavy atom. The second-order valence-electron chi connectivity index (χ2n) is 5.76. The van der Waals surface area contributed by atoms with Gasteiger partial charge in [0.15, 0.2) is 5.69 Å². The Kier molecular flexibility index (Phi) is 4.18. The van der Waals surface area contributed by atoms with Crippen molar-refractivity contribution in [2.24, 2.45) is 7.05 Å². The van der Waals surface area contributed by atoms with Crippen LogP contribution in [0.15, 0.2) is 53.4 Å². The summed E-state index contributed by atoms with van der Waals surface area (Å²) in [7, 11) is 1.76. The van der Waals surface area contributed by atoms with Gasteiger partial charge in [0.05, 0.1) is 12.7 Å². The van der Waals surface area contributed by atoms with Crippen LogP contribution in [0.2, 0.25) is 0 Å². The van der Waals surface area contributed by atoms with E-state index in [2.05, 4.69) is 15.4 Å². The third kappa shape index (κ3) is 3.36. The molecule has 0 aliphatic carbocycles. The van der Waals surface area contributed by atoms with Gasteiger partial charge in [-0.15, -0.1) is 0 Å². The highest BCUT2D eigenvalue weighted by molar-refractivity contribution is 5.92. The molecule has 2 heterocycles. The van der Waals surface area contributed by atoms with Gasteiger partial charge in [-0.25, -0.2) is 4.98 Å². The van der Waals surface area contributed by atoms with Gasteiger partial charge < -0.3 is 14.8 Å². The van der Waals surface area contributed by atoms with Crippen LogP contribution in [0.1, 0.15) is 23.0 Å². The van der Waals surface area contributed by atoms with Crippen LogP contribution in [0.4, 0.5) is 0 Å². The fourth-order valence-corrected chi connectivity index (χ4v) is 2.24. The third-order valence-corrected chi connectivity index (χ3v) is 3.68. The molecule has 3 rings (SSSR count). The number of carbonyl (C=O) groups excluding carboxylic acids is 1. The molecule has 1 amide bonds. The average molecular weight is 326 g/mol. The van der Waals surface area contributed by atoms with E-state index in [1.54, 1.807) is 31.0 Å². The Morgan fingerprint density at radius 2 is 2.12 bits per heavy atom. The standard InChI is InChI=1S/C17H18N4O3/c1-17(23,13-8-19-21(2)9-13)11-18-15(22)14-10-24-16(20-14)12-6-4-3-5-7-12/h3-10,23H,11H2,1-2H3,(H,18,22). The van der Waals surface area contributed by atoms with Gasteiger partial charge in [-0.05, 0) is 19.1 Å². The van der Waals surface area contributed by atoms with Crippen LogP contribution in [-0.4, -0.2) is 32.3 Å². The van der Waals surface area contributed by atoms with Gasteiger partial charge >= 0.3 is 0 Å². The maximum atomic E-state index is 12.2. The maximum absolute atomic E-state index is 12.2. The number of oxazole rings is 1. The van der Waals surface area contributed by atoms with Crippen LogP contribution in [0.3, 0.4) is 0 Å². The fraction of sp³-hybridized carbons (Fsp3) is 0.235. The highest BCUT2D eigenvalue weighted by atomic mass is 16.3. The Bertz CT molecular complexity index is 836. The van der Waals surface area contributed by atoms with Crippen LogP contribution < -0.4 is 5.32 Å². The summed E-state index contributed by atoms with van der Waals surface area (Å²) < 4.78 is 6.94. The van der Waals surface area contributed by atoms with Crippen LogP contribution in [-0.2, 0) is 12.6 Å². The number of benzene rings is 1. The number of aliphatic hydroxyl groups is 1. The highest BCUT2D eigenvalue weighted by Crippen LogP contribution is 2.20. The number of rotatable bonds is 5. The molecule has 2 N–H and O–H groups in total. The zero-order valence-corrected chi connectivity index (χ0v) is 13.4. The van der Waals surface area contributed by atoms with E-state index in [-0.39, 0.29) is 12.2 Å². The second kappa shape index (κ2) is 6.29. The van der Waals surface area contributed by atoms with E-state index < -0.39 is 11.5 Å². The minimum absolute atomic E-state index is 0.0328. The van der Waals surface area contributed by atoms with Gasteiger partial charge in [0.2, 0.25) is 5.89 Å². The summed E-state index contributed by atoms with van der Waals surface area (Å²) in [5.74, 6) is -0.0372. The lowest BCUT2D eigenvalue weighted by molar-refractivity contribution is 0.0524. The van der Waals surface area contributed by atoms with E-state index in [9.17, 15) is 9.90 Å². The lowest BCUT2D eigenvalue weighted by Crippen LogP contribution is -2.38. The van der Waals surface area contributed by atoms with Gasteiger partial charge in [-0.1, -0.05) is 18.2 Å². The van der Waals surface area contributed by atoms with Crippen LogP contribution in [0, 0.1) is 0 Å². The number of amides is 1. The molecule has 1 aromatic carbocycles. The van der Waals surface area contributed by atoms with Gasteiger partial charge in [0.25, 0.3) is 5.91 Å². The van der Waals surface area contributed by atoms with Gasteiger partial charge in [0, 0.05) is 24.4 Å². The molecule has 3 aromatic rings. The molecule has 1 unspecified atom stereocenters. The summed E-state index contributed by atoms with van der Waals surface area (Å²) >= 11 is 0. The van der Waals surface area contributed by atoms with Crippen molar-refractivity contribution in [1.29, 1.82) is 0 Å². The molecule has 24 heavy (non-hydrogen) atoms. The molecule has 7 nitrogen and oxygen atoms in total. The van der Waals surface area contributed by atoms with Crippen molar-refractivity contribution in [2.75, 3.05) is 6.54 Å². The van der Waals surface area contributed by atoms with Crippen molar-refractivity contribution in [1.82, 2.24) is 20.1 Å². The van der Waals surface area contributed by atoms with Crippen LogP contribution >= 0.6 is 0 Å². The number of nitrogens with zero attached hydrogens (tertiary/aromatic N) is 3. The van der Waals surface area contributed by atoms with Gasteiger partial charge in [0.1, 0.15) is 11.9 Å². The van der Waals surface area contributed by atoms with E-state index in [0.29, 0.717) is 11.5 Å². The minimum atomic E-state index is -1.23. The smallest absolute Gasteiger partial charge is 0.273 e. The van der Waals surface area contributed by atoms with Crippen molar-refractivity contribution >= 4 is 5.91 Å². The molecule has 0 bridgehead atoms. The van der Waals surface area contributed by atoms with E-state index in [4.69, 9.17) is 4.42 Å². The molecule has 7 heteroatoms. The molecule has 0 spiro atoms. The number of hydrogen-bond acceptors (Lipinski definition) is 5. The molecular weight excluding hydrogens is 308 g/mol. The minimum Gasteiger partial charge on any atom is -0.444 e. The third-order valence-electron chi connectivity index (χ3n) is 3.68. The zero-order chi connectivity index (χ0) is 17.2. The summed E-state index contributed by atoms with van der Waals surface area (Å²) in [6, 6.07) is 9.32. The molecular formula is C17H18N4O3. The first-order valence-corrected chi connectivity index (χ1v) is 7.46. The molecule has 0 aliphatic heterocycles. The first kappa shape index (κ1) is 15.9. The molecule has 124 valence electrons. The number of aryl methyl sites for hydroxylation is 1. The first-order chi connectivity index (χ1) is 11.5. The molecule has 2 aromatic heterocycles. The summed E-state index contributed by atoms with van der Waals surface area (Å²) in [6.07, 6.45) is 4.57. The largest absolute Gasteiger partial charge is 0.444 e. The molecule has 0 aliphatic rings. The molecule has 0 saturated carbocycles. The van der Waals surface area contributed by atoms with Crippen molar-refractivity contribution in [2.45, 2.75) is 12.5 Å². The van der Waals surface area contributed by atoms with Crippen LogP contribution in [0.25, 0.3) is 11.5 Å². The number of hydrogen-bond donors (Lipinski definition) is 2. The summed E-state index contributed by atoms with van der Waals surface area (Å²) in [4.78, 5) is 16.4. The molecule has 0 radical (unpaired) electrons. The number of aromatic nitrogens is 3. The second-order valence-corrected chi connectivity index (χ2v) is 5.76. The van der Waals surface area contributed by atoms with Gasteiger partial charge in [-0.2, -0.15) is 5.10 Å². The van der Waals surface area contributed by atoms with Gasteiger partial charge in [-0.3, -0.25) is 9.48 Å². The summed E-state index contributed by atoms with van der Waals surface area (Å²) in [5, 5.41) is 17.2. The lowest BCUT2D eigenvalue weighted by Gasteiger charge is -2.21. The van der Waals surface area contributed by atoms with E-state index in [1.165, 1.54) is 6.26 Å². The van der Waals surface area contributed by atoms with E-state index in [0.717, 1.165) is 5.56 Å². The Hall–Kier alpha value is -2.93. The quantitative estimate of drug-likeness (QED) is 0.744. The molecule has 0 fully saturated rings. The zero-order valence-electron chi connectivity index (χ0n) is 13.4. The topological polar surface area (TPSA) is 93.2 Å². The monoisotopic (exact) mass is 326 g/mol. The summed E-state index contributed by atoms with van der Waals surface area (Å²) in [5.41, 5.74) is 0.348. The number of nitrogens with one attached hydrogen (secondary N) is 1. The molecule has 1 atom stereocenters. The summed E-state index contributed by atoms with van der Waals surface area (Å²) in [6.45, 7) is 1.65. The van der Waals surface area contributed by atoms with E-state index >= 15 is 0 Å². The average Bonchev–Trinajstić information content (AvgIpc) is 3.23. The lowest BCUT2D eigenvalue weighted by atomic mass is 10.00. The van der Waals surface area contributed by atoms with Crippen LogP contribution in [0.5, 0.6) is 0 Å².